The molecular weight excluding hydrogens is 328 g/mol. The van der Waals surface area contributed by atoms with Crippen molar-refractivity contribution in [3.8, 4) is 5.75 Å². The van der Waals surface area contributed by atoms with Crippen molar-refractivity contribution in [3.63, 3.8) is 0 Å². The summed E-state index contributed by atoms with van der Waals surface area (Å²) in [4.78, 5) is 26.8. The number of carbonyl (C=O) groups excluding carboxylic acids is 2. The summed E-state index contributed by atoms with van der Waals surface area (Å²) < 4.78 is 5.40. The molecule has 1 aliphatic heterocycles. The van der Waals surface area contributed by atoms with E-state index in [2.05, 4.69) is 5.32 Å². The summed E-state index contributed by atoms with van der Waals surface area (Å²) in [5.41, 5.74) is 3.72. The van der Waals surface area contributed by atoms with E-state index in [-0.39, 0.29) is 24.2 Å². The Morgan fingerprint density at radius 3 is 2.42 bits per heavy atom. The predicted octanol–water partition coefficient (Wildman–Crippen LogP) is 3.69. The Balaban J connectivity index is 1.69. The molecule has 1 atom stereocenters. The fourth-order valence-corrected chi connectivity index (χ4v) is 3.38. The van der Waals surface area contributed by atoms with Gasteiger partial charge in [0.15, 0.2) is 0 Å². The van der Waals surface area contributed by atoms with Gasteiger partial charge < -0.3 is 15.0 Å². The van der Waals surface area contributed by atoms with Crippen molar-refractivity contribution in [2.75, 3.05) is 23.4 Å². The van der Waals surface area contributed by atoms with Crippen LogP contribution in [0.1, 0.15) is 24.5 Å². The maximum absolute atomic E-state index is 12.6. The number of nitrogens with one attached hydrogen (secondary N) is 1. The van der Waals surface area contributed by atoms with Crippen LogP contribution in [0, 0.1) is 19.8 Å². The summed E-state index contributed by atoms with van der Waals surface area (Å²) in [5, 5.41) is 2.90. The van der Waals surface area contributed by atoms with Gasteiger partial charge in [-0.2, -0.15) is 0 Å². The molecule has 0 unspecified atom stereocenters. The lowest BCUT2D eigenvalue weighted by Gasteiger charge is -2.21. The first-order valence-corrected chi connectivity index (χ1v) is 8.90. The molecule has 0 aliphatic carbocycles. The summed E-state index contributed by atoms with van der Waals surface area (Å²) >= 11 is 0. The minimum absolute atomic E-state index is 0.00533. The second kappa shape index (κ2) is 7.60. The smallest absolute Gasteiger partial charge is 0.229 e. The number of carbonyl (C=O) groups is 2. The van der Waals surface area contributed by atoms with Crippen molar-refractivity contribution in [2.45, 2.75) is 27.2 Å². The van der Waals surface area contributed by atoms with Crippen LogP contribution in [0.2, 0.25) is 0 Å². The molecule has 26 heavy (non-hydrogen) atoms. The number of nitrogens with zero attached hydrogens (tertiary/aromatic N) is 1. The Hall–Kier alpha value is -2.82. The first-order valence-electron chi connectivity index (χ1n) is 8.90. The molecule has 136 valence electrons. The third-order valence-corrected chi connectivity index (χ3v) is 4.64. The third-order valence-electron chi connectivity index (χ3n) is 4.64. The Morgan fingerprint density at radius 2 is 1.81 bits per heavy atom. The van der Waals surface area contributed by atoms with Crippen LogP contribution < -0.4 is 15.0 Å². The topological polar surface area (TPSA) is 58.6 Å². The Morgan fingerprint density at radius 1 is 1.15 bits per heavy atom. The highest BCUT2D eigenvalue weighted by Gasteiger charge is 2.36. The van der Waals surface area contributed by atoms with Gasteiger partial charge in [-0.25, -0.2) is 0 Å². The standard InChI is InChI=1S/C21H24N2O3/c1-4-26-18-10-8-17(9-11-18)22-21(25)16-12-19(24)23(13-16)20-14(2)6-5-7-15(20)3/h5-11,16H,4,12-13H2,1-3H3,(H,22,25)/t16-/m0/s1. The molecule has 0 radical (unpaired) electrons. The highest BCUT2D eigenvalue weighted by atomic mass is 16.5. The average molecular weight is 352 g/mol. The van der Waals surface area contributed by atoms with Gasteiger partial charge in [0, 0.05) is 24.3 Å². The number of benzene rings is 2. The van der Waals surface area contributed by atoms with Crippen molar-refractivity contribution in [2.24, 2.45) is 5.92 Å². The van der Waals surface area contributed by atoms with Crippen LogP contribution in [-0.4, -0.2) is 25.0 Å². The number of amides is 2. The van der Waals surface area contributed by atoms with Crippen molar-refractivity contribution in [1.29, 1.82) is 0 Å². The lowest BCUT2D eigenvalue weighted by molar-refractivity contribution is -0.122. The number of hydrogen-bond donors (Lipinski definition) is 1. The van der Waals surface area contributed by atoms with Gasteiger partial charge in [-0.1, -0.05) is 18.2 Å². The molecule has 0 saturated carbocycles. The normalized spacial score (nSPS) is 16.7. The van der Waals surface area contributed by atoms with Gasteiger partial charge in [-0.3, -0.25) is 9.59 Å². The van der Waals surface area contributed by atoms with Crippen LogP contribution in [0.3, 0.4) is 0 Å². The van der Waals surface area contributed by atoms with Crippen molar-refractivity contribution < 1.29 is 14.3 Å². The minimum Gasteiger partial charge on any atom is -0.494 e. The highest BCUT2D eigenvalue weighted by molar-refractivity contribution is 6.04. The van der Waals surface area contributed by atoms with Crippen LogP contribution in [-0.2, 0) is 9.59 Å². The highest BCUT2D eigenvalue weighted by Crippen LogP contribution is 2.31. The summed E-state index contributed by atoms with van der Waals surface area (Å²) in [6, 6.07) is 13.2. The molecule has 1 heterocycles. The lowest BCUT2D eigenvalue weighted by Crippen LogP contribution is -2.29. The van der Waals surface area contributed by atoms with E-state index in [1.165, 1.54) is 0 Å². The molecule has 1 N–H and O–H groups in total. The lowest BCUT2D eigenvalue weighted by atomic mass is 10.1. The van der Waals surface area contributed by atoms with Gasteiger partial charge in [0.1, 0.15) is 5.75 Å². The van der Waals surface area contributed by atoms with Gasteiger partial charge in [0.2, 0.25) is 11.8 Å². The van der Waals surface area contributed by atoms with Crippen molar-refractivity contribution in [1.82, 2.24) is 0 Å². The zero-order valence-electron chi connectivity index (χ0n) is 15.4. The van der Waals surface area contributed by atoms with Crippen LogP contribution in [0.5, 0.6) is 5.75 Å². The fraction of sp³-hybridized carbons (Fsp3) is 0.333. The summed E-state index contributed by atoms with van der Waals surface area (Å²) in [5.74, 6) is 0.279. The quantitative estimate of drug-likeness (QED) is 0.893. The largest absolute Gasteiger partial charge is 0.494 e. The molecule has 1 saturated heterocycles. The molecule has 2 aromatic carbocycles. The second-order valence-corrected chi connectivity index (χ2v) is 6.59. The molecule has 3 rings (SSSR count). The predicted molar refractivity (Wildman–Crippen MR) is 103 cm³/mol. The first kappa shape index (κ1) is 18.0. The molecule has 1 aliphatic rings. The summed E-state index contributed by atoms with van der Waals surface area (Å²) in [6.45, 7) is 6.91. The molecule has 5 heteroatoms. The van der Waals surface area contributed by atoms with Gasteiger partial charge in [0.25, 0.3) is 0 Å². The van der Waals surface area contributed by atoms with Crippen LogP contribution in [0.4, 0.5) is 11.4 Å². The number of para-hydroxylation sites is 1. The molecule has 0 bridgehead atoms. The Bertz CT molecular complexity index is 794. The van der Waals surface area contributed by atoms with E-state index in [1.807, 2.05) is 63.2 Å². The molecule has 2 aromatic rings. The number of anilines is 2. The third kappa shape index (κ3) is 3.72. The molecule has 0 aromatic heterocycles. The number of ether oxygens (including phenoxy) is 1. The average Bonchev–Trinajstić information content (AvgIpc) is 2.99. The zero-order chi connectivity index (χ0) is 18.7. The van der Waals surface area contributed by atoms with Crippen LogP contribution in [0.25, 0.3) is 0 Å². The van der Waals surface area contributed by atoms with Crippen LogP contribution in [0.15, 0.2) is 42.5 Å². The molecule has 2 amide bonds. The maximum Gasteiger partial charge on any atom is 0.229 e. The maximum atomic E-state index is 12.6. The number of aryl methyl sites for hydroxylation is 2. The second-order valence-electron chi connectivity index (χ2n) is 6.59. The number of hydrogen-bond acceptors (Lipinski definition) is 3. The summed E-state index contributed by atoms with van der Waals surface area (Å²) in [7, 11) is 0. The van der Waals surface area contributed by atoms with Gasteiger partial charge in [-0.05, 0) is 56.2 Å². The van der Waals surface area contributed by atoms with E-state index in [4.69, 9.17) is 4.74 Å². The van der Waals surface area contributed by atoms with Gasteiger partial charge in [-0.15, -0.1) is 0 Å². The van der Waals surface area contributed by atoms with Crippen LogP contribution >= 0.6 is 0 Å². The number of rotatable bonds is 5. The van der Waals surface area contributed by atoms with Crippen molar-refractivity contribution in [3.05, 3.63) is 53.6 Å². The summed E-state index contributed by atoms with van der Waals surface area (Å²) in [6.07, 6.45) is 0.233. The minimum atomic E-state index is -0.354. The van der Waals surface area contributed by atoms with Crippen molar-refractivity contribution >= 4 is 23.2 Å². The fourth-order valence-electron chi connectivity index (χ4n) is 3.38. The molecular formula is C21H24N2O3. The molecule has 0 spiro atoms. The Labute approximate surface area is 154 Å². The van der Waals surface area contributed by atoms with E-state index in [0.29, 0.717) is 18.8 Å². The van der Waals surface area contributed by atoms with E-state index >= 15 is 0 Å². The Kier molecular flexibility index (Phi) is 5.26. The van der Waals surface area contributed by atoms with E-state index in [1.54, 1.807) is 4.90 Å². The zero-order valence-corrected chi connectivity index (χ0v) is 15.4. The molecule has 1 fully saturated rings. The van der Waals surface area contributed by atoms with Gasteiger partial charge in [0.05, 0.1) is 12.5 Å². The van der Waals surface area contributed by atoms with Gasteiger partial charge >= 0.3 is 0 Å². The van der Waals surface area contributed by atoms with E-state index < -0.39 is 0 Å². The molecule has 5 nitrogen and oxygen atoms in total. The first-order chi connectivity index (χ1) is 12.5. The van der Waals surface area contributed by atoms with E-state index in [9.17, 15) is 9.59 Å². The monoisotopic (exact) mass is 352 g/mol. The van der Waals surface area contributed by atoms with E-state index in [0.717, 1.165) is 22.6 Å². The SMILES string of the molecule is CCOc1ccc(NC(=O)[C@H]2CC(=O)N(c3c(C)cccc3C)C2)cc1.